The van der Waals surface area contributed by atoms with E-state index in [-0.39, 0.29) is 12.1 Å². The van der Waals surface area contributed by atoms with Crippen molar-refractivity contribution in [1.29, 1.82) is 0 Å². The summed E-state index contributed by atoms with van der Waals surface area (Å²) in [5, 5.41) is 20.5. The standard InChI is InChI=1S/C11H18N2O4/c1-6(14)9(10(15)16)12-11(17)13-5-7-2-3-8(13)4-7/h6-9,14H,2-5H2,1H3,(H,12,17)(H,15,16)/t6-,7?,8?,9+/m1/s1. The van der Waals surface area contributed by atoms with E-state index >= 15 is 0 Å². The average Bonchev–Trinajstić information content (AvgIpc) is 2.85. The van der Waals surface area contributed by atoms with Crippen LogP contribution in [0.3, 0.4) is 0 Å². The van der Waals surface area contributed by atoms with Crippen LogP contribution in [-0.2, 0) is 4.79 Å². The van der Waals surface area contributed by atoms with Gasteiger partial charge in [-0.2, -0.15) is 0 Å². The Labute approximate surface area is 99.6 Å². The molecule has 2 aliphatic rings. The zero-order valence-electron chi connectivity index (χ0n) is 9.80. The molecule has 1 aliphatic carbocycles. The lowest BCUT2D eigenvalue weighted by atomic mass is 10.1. The lowest BCUT2D eigenvalue weighted by Gasteiger charge is -2.29. The molecule has 2 unspecified atom stereocenters. The number of aliphatic carboxylic acids is 1. The second-order valence-corrected chi connectivity index (χ2v) is 4.99. The van der Waals surface area contributed by atoms with Crippen LogP contribution in [0.1, 0.15) is 26.2 Å². The van der Waals surface area contributed by atoms with E-state index in [1.165, 1.54) is 6.92 Å². The number of amides is 2. The van der Waals surface area contributed by atoms with E-state index in [9.17, 15) is 14.7 Å². The fourth-order valence-electron chi connectivity index (χ4n) is 2.78. The van der Waals surface area contributed by atoms with Gasteiger partial charge in [-0.05, 0) is 32.1 Å². The Kier molecular flexibility index (Phi) is 3.24. The average molecular weight is 242 g/mol. The summed E-state index contributed by atoms with van der Waals surface area (Å²) in [6, 6.07) is -1.35. The largest absolute Gasteiger partial charge is 0.480 e. The summed E-state index contributed by atoms with van der Waals surface area (Å²) in [5.74, 6) is -0.640. The molecule has 2 bridgehead atoms. The maximum atomic E-state index is 11.9. The van der Waals surface area contributed by atoms with E-state index in [4.69, 9.17) is 5.11 Å². The second kappa shape index (κ2) is 4.52. The summed E-state index contributed by atoms with van der Waals surface area (Å²) in [6.07, 6.45) is 2.09. The minimum absolute atomic E-state index is 0.253. The number of carboxylic acid groups (broad SMARTS) is 1. The first-order valence-electron chi connectivity index (χ1n) is 5.97. The van der Waals surface area contributed by atoms with Crippen molar-refractivity contribution in [2.75, 3.05) is 6.54 Å². The van der Waals surface area contributed by atoms with Gasteiger partial charge < -0.3 is 20.4 Å². The van der Waals surface area contributed by atoms with Crippen LogP contribution in [0.2, 0.25) is 0 Å². The van der Waals surface area contributed by atoms with Gasteiger partial charge in [0.05, 0.1) is 6.10 Å². The van der Waals surface area contributed by atoms with Crippen molar-refractivity contribution in [3.05, 3.63) is 0 Å². The van der Waals surface area contributed by atoms with Crippen molar-refractivity contribution >= 4 is 12.0 Å². The monoisotopic (exact) mass is 242 g/mol. The van der Waals surface area contributed by atoms with Crippen LogP contribution in [0.15, 0.2) is 0 Å². The number of fused-ring (bicyclic) bond motifs is 2. The molecule has 1 aliphatic heterocycles. The third-order valence-corrected chi connectivity index (χ3v) is 3.70. The molecule has 0 aromatic heterocycles. The number of likely N-dealkylation sites (tertiary alicyclic amines) is 1. The molecule has 2 fully saturated rings. The predicted molar refractivity (Wildman–Crippen MR) is 59.5 cm³/mol. The molecule has 1 heterocycles. The van der Waals surface area contributed by atoms with Crippen molar-refractivity contribution in [3.63, 3.8) is 0 Å². The number of aliphatic hydroxyl groups is 1. The summed E-state index contributed by atoms with van der Waals surface area (Å²) < 4.78 is 0. The second-order valence-electron chi connectivity index (χ2n) is 4.99. The number of hydrogen-bond donors (Lipinski definition) is 3. The summed E-state index contributed by atoms with van der Waals surface area (Å²) in [7, 11) is 0. The molecule has 96 valence electrons. The SMILES string of the molecule is C[C@@H](O)[C@H](NC(=O)N1CC2CCC1C2)C(=O)O. The van der Waals surface area contributed by atoms with Gasteiger partial charge in [-0.25, -0.2) is 9.59 Å². The fourth-order valence-corrected chi connectivity index (χ4v) is 2.78. The molecular weight excluding hydrogens is 224 g/mol. The van der Waals surface area contributed by atoms with Gasteiger partial charge in [0.15, 0.2) is 6.04 Å². The molecule has 0 radical (unpaired) electrons. The summed E-state index contributed by atoms with van der Waals surface area (Å²) in [6.45, 7) is 2.07. The van der Waals surface area contributed by atoms with E-state index in [0.29, 0.717) is 12.5 Å². The Morgan fingerprint density at radius 2 is 2.12 bits per heavy atom. The third-order valence-electron chi connectivity index (χ3n) is 3.70. The molecule has 17 heavy (non-hydrogen) atoms. The lowest BCUT2D eigenvalue weighted by Crippen LogP contribution is -2.53. The molecule has 0 spiro atoms. The van der Waals surface area contributed by atoms with Gasteiger partial charge in [0.2, 0.25) is 0 Å². The summed E-state index contributed by atoms with van der Waals surface area (Å²) in [5.41, 5.74) is 0. The minimum Gasteiger partial charge on any atom is -0.480 e. The molecule has 6 heteroatoms. The number of carbonyl (C=O) groups is 2. The van der Waals surface area contributed by atoms with E-state index in [0.717, 1.165) is 19.3 Å². The van der Waals surface area contributed by atoms with Crippen LogP contribution in [0.4, 0.5) is 4.79 Å². The van der Waals surface area contributed by atoms with Crippen LogP contribution in [0, 0.1) is 5.92 Å². The quantitative estimate of drug-likeness (QED) is 0.650. The van der Waals surface area contributed by atoms with Gasteiger partial charge >= 0.3 is 12.0 Å². The predicted octanol–water partition coefficient (Wildman–Crippen LogP) is 0.0143. The number of urea groups is 1. The number of piperidine rings is 1. The number of carboxylic acids is 1. The van der Waals surface area contributed by atoms with E-state index in [1.54, 1.807) is 4.90 Å². The third kappa shape index (κ3) is 2.36. The molecule has 0 aromatic carbocycles. The van der Waals surface area contributed by atoms with Crippen molar-refractivity contribution in [1.82, 2.24) is 10.2 Å². The van der Waals surface area contributed by atoms with Gasteiger partial charge in [0.1, 0.15) is 0 Å². The Morgan fingerprint density at radius 3 is 2.53 bits per heavy atom. The topological polar surface area (TPSA) is 89.9 Å². The zero-order valence-corrected chi connectivity index (χ0v) is 9.80. The highest BCUT2D eigenvalue weighted by molar-refractivity contribution is 5.83. The van der Waals surface area contributed by atoms with Crippen molar-refractivity contribution in [3.8, 4) is 0 Å². The Balaban J connectivity index is 1.94. The van der Waals surface area contributed by atoms with Crippen molar-refractivity contribution in [2.45, 2.75) is 44.4 Å². The molecule has 1 saturated carbocycles. The van der Waals surface area contributed by atoms with Crippen LogP contribution < -0.4 is 5.32 Å². The first-order valence-corrected chi connectivity index (χ1v) is 5.97. The highest BCUT2D eigenvalue weighted by atomic mass is 16.4. The first kappa shape index (κ1) is 12.2. The maximum Gasteiger partial charge on any atom is 0.328 e. The summed E-state index contributed by atoms with van der Waals surface area (Å²) >= 11 is 0. The molecule has 3 N–H and O–H groups in total. The fraction of sp³-hybridized carbons (Fsp3) is 0.818. The van der Waals surface area contributed by atoms with Crippen molar-refractivity contribution in [2.24, 2.45) is 5.92 Å². The minimum atomic E-state index is -1.23. The molecule has 6 nitrogen and oxygen atoms in total. The molecule has 4 atom stereocenters. The lowest BCUT2D eigenvalue weighted by molar-refractivity contribution is -0.141. The van der Waals surface area contributed by atoms with Crippen LogP contribution in [0.5, 0.6) is 0 Å². The van der Waals surface area contributed by atoms with Crippen LogP contribution in [-0.4, -0.2) is 51.8 Å². The number of carbonyl (C=O) groups excluding carboxylic acids is 1. The van der Waals surface area contributed by atoms with Crippen LogP contribution >= 0.6 is 0 Å². The van der Waals surface area contributed by atoms with E-state index < -0.39 is 18.1 Å². The normalized spacial score (nSPS) is 30.1. The molecular formula is C11H18N2O4. The highest BCUT2D eigenvalue weighted by Crippen LogP contribution is 2.37. The molecule has 2 amide bonds. The van der Waals surface area contributed by atoms with Gasteiger partial charge in [-0.1, -0.05) is 0 Å². The van der Waals surface area contributed by atoms with Gasteiger partial charge in [0.25, 0.3) is 0 Å². The first-order chi connectivity index (χ1) is 7.99. The van der Waals surface area contributed by atoms with Gasteiger partial charge in [0, 0.05) is 12.6 Å². The number of hydrogen-bond acceptors (Lipinski definition) is 3. The highest BCUT2D eigenvalue weighted by Gasteiger charge is 2.41. The number of aliphatic hydroxyl groups excluding tert-OH is 1. The van der Waals surface area contributed by atoms with E-state index in [2.05, 4.69) is 5.32 Å². The Morgan fingerprint density at radius 1 is 1.41 bits per heavy atom. The smallest absolute Gasteiger partial charge is 0.328 e. The Hall–Kier alpha value is -1.30. The van der Waals surface area contributed by atoms with Gasteiger partial charge in [-0.3, -0.25) is 0 Å². The maximum absolute atomic E-state index is 11.9. The molecule has 1 saturated heterocycles. The van der Waals surface area contributed by atoms with Gasteiger partial charge in [-0.15, -0.1) is 0 Å². The number of rotatable bonds is 3. The van der Waals surface area contributed by atoms with E-state index in [1.807, 2.05) is 0 Å². The summed E-state index contributed by atoms with van der Waals surface area (Å²) in [4.78, 5) is 24.5. The Bertz CT molecular complexity index is 331. The molecule has 2 rings (SSSR count). The van der Waals surface area contributed by atoms with Crippen molar-refractivity contribution < 1.29 is 19.8 Å². The zero-order chi connectivity index (χ0) is 12.6. The number of nitrogens with one attached hydrogen (secondary N) is 1. The molecule has 0 aromatic rings. The number of nitrogens with zero attached hydrogens (tertiary/aromatic N) is 1. The van der Waals surface area contributed by atoms with Crippen LogP contribution in [0.25, 0.3) is 0 Å².